The third kappa shape index (κ3) is 5.25. The van der Waals surface area contributed by atoms with Crippen LogP contribution < -0.4 is 20.1 Å². The molecule has 0 bridgehead atoms. The molecule has 8 heteroatoms. The topological polar surface area (TPSA) is 79.9 Å². The summed E-state index contributed by atoms with van der Waals surface area (Å²) in [6.45, 7) is 4.11. The van der Waals surface area contributed by atoms with Gasteiger partial charge in [0.1, 0.15) is 11.5 Å². The first-order chi connectivity index (χ1) is 12.5. The Balaban J connectivity index is 1.98. The summed E-state index contributed by atoms with van der Waals surface area (Å²) < 4.78 is 10.4. The lowest BCUT2D eigenvalue weighted by molar-refractivity contribution is -0.127. The molecule has 0 aliphatic carbocycles. The average Bonchev–Trinajstić information content (AvgIpc) is 2.62. The maximum atomic E-state index is 12.4. The van der Waals surface area contributed by atoms with Gasteiger partial charge in [0, 0.05) is 19.2 Å². The van der Waals surface area contributed by atoms with E-state index in [1.165, 1.54) is 14.2 Å². The molecule has 1 aromatic carbocycles. The average molecular weight is 384 g/mol. The van der Waals surface area contributed by atoms with Gasteiger partial charge in [-0.25, -0.2) is 0 Å². The number of carbonyl (C=O) groups is 2. The van der Waals surface area contributed by atoms with Crippen molar-refractivity contribution in [3.05, 3.63) is 17.2 Å². The second-order valence-electron chi connectivity index (χ2n) is 6.20. The lowest BCUT2D eigenvalue weighted by Gasteiger charge is -2.31. The Bertz CT molecular complexity index is 654. The van der Waals surface area contributed by atoms with E-state index in [1.807, 2.05) is 11.8 Å². The Morgan fingerprint density at radius 2 is 2.00 bits per heavy atom. The van der Waals surface area contributed by atoms with Gasteiger partial charge in [-0.05, 0) is 32.4 Å². The van der Waals surface area contributed by atoms with E-state index in [-0.39, 0.29) is 24.3 Å². The number of anilines is 1. The van der Waals surface area contributed by atoms with Crippen LogP contribution in [-0.4, -0.2) is 57.1 Å². The lowest BCUT2D eigenvalue weighted by atomic mass is 9.97. The van der Waals surface area contributed by atoms with E-state index < -0.39 is 0 Å². The smallest absolute Gasteiger partial charge is 0.238 e. The second kappa shape index (κ2) is 9.64. The summed E-state index contributed by atoms with van der Waals surface area (Å²) in [4.78, 5) is 26.5. The number of methoxy groups -OCH3 is 2. The number of nitrogens with zero attached hydrogens (tertiary/aromatic N) is 1. The van der Waals surface area contributed by atoms with Crippen LogP contribution in [0.25, 0.3) is 0 Å². The number of hydrogen-bond donors (Lipinski definition) is 2. The van der Waals surface area contributed by atoms with Crippen LogP contribution in [0.5, 0.6) is 11.5 Å². The number of carbonyl (C=O) groups excluding carboxylic acids is 2. The van der Waals surface area contributed by atoms with Crippen molar-refractivity contribution < 1.29 is 19.1 Å². The monoisotopic (exact) mass is 383 g/mol. The van der Waals surface area contributed by atoms with Crippen molar-refractivity contribution >= 4 is 29.1 Å². The Hall–Kier alpha value is -1.99. The fourth-order valence-electron chi connectivity index (χ4n) is 3.08. The number of hydrogen-bond acceptors (Lipinski definition) is 5. The van der Waals surface area contributed by atoms with Crippen LogP contribution in [0.2, 0.25) is 5.02 Å². The highest BCUT2D eigenvalue weighted by Crippen LogP contribution is 2.35. The fraction of sp³-hybridized carbons (Fsp3) is 0.556. The van der Waals surface area contributed by atoms with E-state index in [0.717, 1.165) is 19.4 Å². The molecular weight excluding hydrogens is 358 g/mol. The molecule has 0 radical (unpaired) electrons. The third-order valence-electron chi connectivity index (χ3n) is 4.34. The van der Waals surface area contributed by atoms with Crippen molar-refractivity contribution in [1.29, 1.82) is 0 Å². The Kier molecular flexibility index (Phi) is 7.53. The van der Waals surface area contributed by atoms with Crippen LogP contribution in [0, 0.1) is 5.92 Å². The molecule has 0 spiro atoms. The molecule has 1 aliphatic heterocycles. The first-order valence-corrected chi connectivity index (χ1v) is 9.07. The minimum atomic E-state index is -0.180. The van der Waals surface area contributed by atoms with E-state index >= 15 is 0 Å². The molecule has 0 saturated carbocycles. The molecule has 0 aromatic heterocycles. The van der Waals surface area contributed by atoms with Gasteiger partial charge in [0.25, 0.3) is 0 Å². The second-order valence-corrected chi connectivity index (χ2v) is 6.61. The predicted octanol–water partition coefficient (Wildman–Crippen LogP) is 2.14. The van der Waals surface area contributed by atoms with Gasteiger partial charge in [0.05, 0.1) is 37.4 Å². The molecule has 26 heavy (non-hydrogen) atoms. The van der Waals surface area contributed by atoms with Gasteiger partial charge in [0.15, 0.2) is 0 Å². The van der Waals surface area contributed by atoms with Crippen molar-refractivity contribution in [2.45, 2.75) is 19.8 Å². The van der Waals surface area contributed by atoms with Gasteiger partial charge in [-0.3, -0.25) is 14.5 Å². The zero-order chi connectivity index (χ0) is 19.1. The maximum Gasteiger partial charge on any atom is 0.238 e. The van der Waals surface area contributed by atoms with Gasteiger partial charge in [-0.1, -0.05) is 11.6 Å². The van der Waals surface area contributed by atoms with Crippen LogP contribution >= 0.6 is 11.6 Å². The molecule has 1 fully saturated rings. The van der Waals surface area contributed by atoms with Gasteiger partial charge in [-0.15, -0.1) is 0 Å². The van der Waals surface area contributed by atoms with Gasteiger partial charge in [-0.2, -0.15) is 0 Å². The van der Waals surface area contributed by atoms with Crippen molar-refractivity contribution in [3.63, 3.8) is 0 Å². The Morgan fingerprint density at radius 1 is 1.27 bits per heavy atom. The number of ether oxygens (including phenoxy) is 2. The minimum Gasteiger partial charge on any atom is -0.495 e. The summed E-state index contributed by atoms with van der Waals surface area (Å²) in [6, 6.07) is 3.23. The molecule has 2 amide bonds. The number of halogens is 1. The Morgan fingerprint density at radius 3 is 2.65 bits per heavy atom. The molecule has 1 saturated heterocycles. The van der Waals surface area contributed by atoms with E-state index in [4.69, 9.17) is 21.1 Å². The highest BCUT2D eigenvalue weighted by Gasteiger charge is 2.26. The standard InChI is InChI=1S/C18H26ClN3O4/c1-4-20-18(24)12-6-5-7-22(10-12)11-17(23)21-14-8-13(19)15(25-2)9-16(14)26-3/h8-9,12H,4-7,10-11H2,1-3H3,(H,20,24)(H,21,23). The quantitative estimate of drug-likeness (QED) is 0.754. The van der Waals surface area contributed by atoms with Gasteiger partial charge < -0.3 is 20.1 Å². The van der Waals surface area contributed by atoms with Crippen molar-refractivity contribution in [1.82, 2.24) is 10.2 Å². The third-order valence-corrected chi connectivity index (χ3v) is 4.64. The van der Waals surface area contributed by atoms with Crippen LogP contribution in [0.3, 0.4) is 0 Å². The molecule has 1 aliphatic rings. The van der Waals surface area contributed by atoms with Crippen LogP contribution in [0.1, 0.15) is 19.8 Å². The first kappa shape index (κ1) is 20.3. The van der Waals surface area contributed by atoms with E-state index in [1.54, 1.807) is 12.1 Å². The fourth-order valence-corrected chi connectivity index (χ4v) is 3.32. The van der Waals surface area contributed by atoms with E-state index in [9.17, 15) is 9.59 Å². The molecule has 2 rings (SSSR count). The summed E-state index contributed by atoms with van der Waals surface area (Å²) >= 11 is 6.13. The number of likely N-dealkylation sites (tertiary alicyclic amines) is 1. The first-order valence-electron chi connectivity index (χ1n) is 8.69. The normalized spacial score (nSPS) is 17.5. The molecular formula is C18H26ClN3O4. The van der Waals surface area contributed by atoms with Crippen LogP contribution in [0.15, 0.2) is 12.1 Å². The highest BCUT2D eigenvalue weighted by molar-refractivity contribution is 6.32. The number of nitrogens with one attached hydrogen (secondary N) is 2. The largest absolute Gasteiger partial charge is 0.495 e. The summed E-state index contributed by atoms with van der Waals surface area (Å²) in [7, 11) is 3.03. The summed E-state index contributed by atoms with van der Waals surface area (Å²) in [6.07, 6.45) is 1.75. The van der Waals surface area contributed by atoms with E-state index in [0.29, 0.717) is 35.3 Å². The van der Waals surface area contributed by atoms with Crippen molar-refractivity contribution in [2.24, 2.45) is 5.92 Å². The number of piperidine rings is 1. The summed E-state index contributed by atoms with van der Waals surface area (Å²) in [5.74, 6) is 0.754. The molecule has 7 nitrogen and oxygen atoms in total. The highest BCUT2D eigenvalue weighted by atomic mass is 35.5. The van der Waals surface area contributed by atoms with Gasteiger partial charge >= 0.3 is 0 Å². The zero-order valence-electron chi connectivity index (χ0n) is 15.4. The summed E-state index contributed by atoms with van der Waals surface area (Å²) in [5, 5.41) is 6.06. The Labute approximate surface area is 159 Å². The lowest BCUT2D eigenvalue weighted by Crippen LogP contribution is -2.45. The van der Waals surface area contributed by atoms with Crippen molar-refractivity contribution in [3.8, 4) is 11.5 Å². The molecule has 1 heterocycles. The van der Waals surface area contributed by atoms with Crippen LogP contribution in [-0.2, 0) is 9.59 Å². The van der Waals surface area contributed by atoms with Crippen LogP contribution in [0.4, 0.5) is 5.69 Å². The van der Waals surface area contributed by atoms with Crippen molar-refractivity contribution in [2.75, 3.05) is 45.7 Å². The SMILES string of the molecule is CCNC(=O)C1CCCN(CC(=O)Nc2cc(Cl)c(OC)cc2OC)C1. The number of benzene rings is 1. The molecule has 1 unspecified atom stereocenters. The summed E-state index contributed by atoms with van der Waals surface area (Å²) in [5.41, 5.74) is 0.487. The predicted molar refractivity (Wildman–Crippen MR) is 101 cm³/mol. The number of rotatable bonds is 7. The zero-order valence-corrected chi connectivity index (χ0v) is 16.2. The van der Waals surface area contributed by atoms with E-state index in [2.05, 4.69) is 10.6 Å². The maximum absolute atomic E-state index is 12.4. The van der Waals surface area contributed by atoms with Gasteiger partial charge in [0.2, 0.25) is 11.8 Å². The minimum absolute atomic E-state index is 0.0567. The molecule has 144 valence electrons. The molecule has 1 atom stereocenters. The molecule has 2 N–H and O–H groups in total. The number of amides is 2. The molecule has 1 aromatic rings.